The second-order valence-corrected chi connectivity index (χ2v) is 9.26. The van der Waals surface area contributed by atoms with E-state index in [4.69, 9.17) is 9.47 Å². The van der Waals surface area contributed by atoms with Gasteiger partial charge in [0.15, 0.2) is 0 Å². The van der Waals surface area contributed by atoms with Crippen LogP contribution in [0.2, 0.25) is 0 Å². The van der Waals surface area contributed by atoms with Gasteiger partial charge in [0, 0.05) is 18.7 Å². The number of hydrogen-bond acceptors (Lipinski definition) is 4. The van der Waals surface area contributed by atoms with Crippen LogP contribution in [0.3, 0.4) is 0 Å². The monoisotopic (exact) mass is 422 g/mol. The molecule has 2 aromatic carbocycles. The molecule has 2 aromatic rings. The van der Waals surface area contributed by atoms with Gasteiger partial charge in [-0.15, -0.1) is 0 Å². The van der Waals surface area contributed by atoms with Crippen LogP contribution in [-0.2, 0) is 6.54 Å². The Morgan fingerprint density at radius 3 is 2.29 bits per heavy atom. The van der Waals surface area contributed by atoms with Gasteiger partial charge in [0.25, 0.3) is 0 Å². The lowest BCUT2D eigenvalue weighted by molar-refractivity contribution is 0.145. The summed E-state index contributed by atoms with van der Waals surface area (Å²) in [7, 11) is 1.68. The molecule has 0 bridgehead atoms. The van der Waals surface area contributed by atoms with Gasteiger partial charge in [-0.05, 0) is 87.5 Å². The lowest BCUT2D eigenvalue weighted by atomic mass is 9.88. The summed E-state index contributed by atoms with van der Waals surface area (Å²) in [5.41, 5.74) is 1.20. The number of methoxy groups -OCH3 is 1. The maximum atomic E-state index is 6.14. The van der Waals surface area contributed by atoms with E-state index in [2.05, 4.69) is 22.3 Å². The second-order valence-electron chi connectivity index (χ2n) is 9.26. The highest BCUT2D eigenvalue weighted by molar-refractivity contribution is 5.39. The van der Waals surface area contributed by atoms with Crippen LogP contribution in [0.5, 0.6) is 17.2 Å². The zero-order chi connectivity index (χ0) is 21.3. The predicted molar refractivity (Wildman–Crippen MR) is 127 cm³/mol. The van der Waals surface area contributed by atoms with Gasteiger partial charge < -0.3 is 19.7 Å². The van der Waals surface area contributed by atoms with Crippen molar-refractivity contribution in [2.75, 3.05) is 33.3 Å². The number of piperidine rings is 1. The fourth-order valence-electron chi connectivity index (χ4n) is 5.04. The van der Waals surface area contributed by atoms with Gasteiger partial charge in [-0.25, -0.2) is 0 Å². The molecule has 4 heteroatoms. The third-order valence-corrected chi connectivity index (χ3v) is 6.96. The Bertz CT molecular complexity index is 778. The van der Waals surface area contributed by atoms with Crippen LogP contribution in [-0.4, -0.2) is 38.2 Å². The van der Waals surface area contributed by atoms with Crippen molar-refractivity contribution in [3.05, 3.63) is 54.1 Å². The average molecular weight is 423 g/mol. The Kier molecular flexibility index (Phi) is 8.25. The van der Waals surface area contributed by atoms with E-state index in [0.29, 0.717) is 0 Å². The molecule has 0 aromatic heterocycles. The lowest BCUT2D eigenvalue weighted by Crippen LogP contribution is -2.39. The highest BCUT2D eigenvalue weighted by Crippen LogP contribution is 2.28. The van der Waals surface area contributed by atoms with Crippen molar-refractivity contribution >= 4 is 0 Å². The molecule has 2 aliphatic rings. The van der Waals surface area contributed by atoms with E-state index < -0.39 is 0 Å². The zero-order valence-electron chi connectivity index (χ0n) is 19.0. The summed E-state index contributed by atoms with van der Waals surface area (Å²) in [6.45, 7) is 5.83. The first-order chi connectivity index (χ1) is 15.3. The third kappa shape index (κ3) is 6.72. The van der Waals surface area contributed by atoms with Crippen LogP contribution in [0.1, 0.15) is 50.5 Å². The second kappa shape index (κ2) is 11.5. The van der Waals surface area contributed by atoms with Crippen LogP contribution in [0.25, 0.3) is 0 Å². The van der Waals surface area contributed by atoms with Gasteiger partial charge in [-0.2, -0.15) is 0 Å². The van der Waals surface area contributed by atoms with Gasteiger partial charge in [0.05, 0.1) is 7.11 Å². The van der Waals surface area contributed by atoms with Crippen molar-refractivity contribution < 1.29 is 9.47 Å². The topological polar surface area (TPSA) is 33.7 Å². The summed E-state index contributed by atoms with van der Waals surface area (Å²) in [5, 5.41) is 3.69. The van der Waals surface area contributed by atoms with E-state index in [9.17, 15) is 0 Å². The molecule has 0 atom stereocenters. The molecule has 1 aliphatic carbocycles. The number of nitrogens with zero attached hydrogens (tertiary/aromatic N) is 1. The Balaban J connectivity index is 1.20. The number of nitrogens with one attached hydrogen (secondary N) is 1. The first-order valence-corrected chi connectivity index (χ1v) is 12.1. The number of likely N-dealkylation sites (tertiary alicyclic amines) is 1. The van der Waals surface area contributed by atoms with Crippen molar-refractivity contribution in [2.24, 2.45) is 11.8 Å². The SMILES string of the molecule is COc1ccc(Oc2ccccc2CNCC2CCN(CC3CCCCC3)CC2)cc1. The van der Waals surface area contributed by atoms with Crippen molar-refractivity contribution in [3.8, 4) is 17.2 Å². The predicted octanol–water partition coefficient (Wildman–Crippen LogP) is 5.87. The molecule has 1 aliphatic heterocycles. The minimum absolute atomic E-state index is 0.789. The molecular formula is C27H38N2O2. The normalized spacial score (nSPS) is 18.7. The standard InChI is InChI=1S/C27H38N2O2/c1-30-25-11-13-26(14-12-25)31-27-10-6-5-9-24(27)20-28-19-22-15-17-29(18-16-22)21-23-7-3-2-4-8-23/h5-6,9-14,22-23,28H,2-4,7-8,15-21H2,1H3. The molecule has 1 N–H and O–H groups in total. The molecular weight excluding hydrogens is 384 g/mol. The molecule has 168 valence electrons. The van der Waals surface area contributed by atoms with E-state index in [1.165, 1.54) is 70.1 Å². The third-order valence-electron chi connectivity index (χ3n) is 6.96. The van der Waals surface area contributed by atoms with Gasteiger partial charge >= 0.3 is 0 Å². The molecule has 1 saturated carbocycles. The molecule has 4 nitrogen and oxygen atoms in total. The molecule has 31 heavy (non-hydrogen) atoms. The van der Waals surface area contributed by atoms with Gasteiger partial charge in [0.1, 0.15) is 17.2 Å². The Morgan fingerprint density at radius 1 is 0.839 bits per heavy atom. The van der Waals surface area contributed by atoms with Crippen molar-refractivity contribution in [3.63, 3.8) is 0 Å². The lowest BCUT2D eigenvalue weighted by Gasteiger charge is -2.35. The van der Waals surface area contributed by atoms with Gasteiger partial charge in [0.2, 0.25) is 0 Å². The molecule has 4 rings (SSSR count). The van der Waals surface area contributed by atoms with Crippen LogP contribution in [0.15, 0.2) is 48.5 Å². The molecule has 0 radical (unpaired) electrons. The minimum atomic E-state index is 0.789. The summed E-state index contributed by atoms with van der Waals surface area (Å²) >= 11 is 0. The first kappa shape index (κ1) is 22.2. The van der Waals surface area contributed by atoms with E-state index in [-0.39, 0.29) is 0 Å². The summed E-state index contributed by atoms with van der Waals surface area (Å²) in [5.74, 6) is 4.34. The fraction of sp³-hybridized carbons (Fsp3) is 0.556. The Morgan fingerprint density at radius 2 is 1.55 bits per heavy atom. The molecule has 0 unspecified atom stereocenters. The van der Waals surface area contributed by atoms with Gasteiger partial charge in [-0.1, -0.05) is 37.5 Å². The molecule has 0 spiro atoms. The number of ether oxygens (including phenoxy) is 2. The maximum Gasteiger partial charge on any atom is 0.131 e. The smallest absolute Gasteiger partial charge is 0.131 e. The highest BCUT2D eigenvalue weighted by Gasteiger charge is 2.22. The fourth-order valence-corrected chi connectivity index (χ4v) is 5.04. The average Bonchev–Trinajstić information content (AvgIpc) is 2.82. The first-order valence-electron chi connectivity index (χ1n) is 12.1. The Hall–Kier alpha value is -2.04. The highest BCUT2D eigenvalue weighted by atomic mass is 16.5. The molecule has 0 amide bonds. The summed E-state index contributed by atoms with van der Waals surface area (Å²) in [4.78, 5) is 2.73. The number of para-hydroxylation sites is 1. The number of rotatable bonds is 9. The van der Waals surface area contributed by atoms with E-state index in [1.807, 2.05) is 36.4 Å². The zero-order valence-corrected chi connectivity index (χ0v) is 19.0. The summed E-state index contributed by atoms with van der Waals surface area (Å²) in [6.07, 6.45) is 9.92. The molecule has 1 heterocycles. The van der Waals surface area contributed by atoms with Crippen molar-refractivity contribution in [2.45, 2.75) is 51.5 Å². The molecule has 2 fully saturated rings. The van der Waals surface area contributed by atoms with Crippen molar-refractivity contribution in [1.29, 1.82) is 0 Å². The van der Waals surface area contributed by atoms with Crippen LogP contribution in [0, 0.1) is 11.8 Å². The largest absolute Gasteiger partial charge is 0.497 e. The summed E-state index contributed by atoms with van der Waals surface area (Å²) < 4.78 is 11.4. The quantitative estimate of drug-likeness (QED) is 0.548. The van der Waals surface area contributed by atoms with Crippen LogP contribution in [0.4, 0.5) is 0 Å². The van der Waals surface area contributed by atoms with Crippen molar-refractivity contribution in [1.82, 2.24) is 10.2 Å². The van der Waals surface area contributed by atoms with E-state index in [0.717, 1.165) is 42.2 Å². The maximum absolute atomic E-state index is 6.14. The number of benzene rings is 2. The van der Waals surface area contributed by atoms with E-state index in [1.54, 1.807) is 7.11 Å². The van der Waals surface area contributed by atoms with E-state index >= 15 is 0 Å². The molecule has 1 saturated heterocycles. The number of hydrogen-bond donors (Lipinski definition) is 1. The van der Waals surface area contributed by atoms with Crippen LogP contribution >= 0.6 is 0 Å². The summed E-state index contributed by atoms with van der Waals surface area (Å²) in [6, 6.07) is 16.1. The van der Waals surface area contributed by atoms with Crippen LogP contribution < -0.4 is 14.8 Å². The Labute approximate surface area is 187 Å². The minimum Gasteiger partial charge on any atom is -0.497 e. The van der Waals surface area contributed by atoms with Gasteiger partial charge in [-0.3, -0.25) is 0 Å².